The van der Waals surface area contributed by atoms with Crippen molar-refractivity contribution in [3.8, 4) is 0 Å². The molecule has 1 fully saturated rings. The molecule has 7 nitrogen and oxygen atoms in total. The van der Waals surface area contributed by atoms with Crippen LogP contribution in [0, 0.1) is 15.9 Å². The van der Waals surface area contributed by atoms with Crippen molar-refractivity contribution in [2.24, 2.45) is 0 Å². The van der Waals surface area contributed by atoms with Crippen molar-refractivity contribution in [1.82, 2.24) is 10.1 Å². The largest absolute Gasteiger partial charge is 0.356 e. The molecule has 0 aliphatic carbocycles. The summed E-state index contributed by atoms with van der Waals surface area (Å²) < 4.78 is 18.6. The van der Waals surface area contributed by atoms with Crippen LogP contribution in [0.2, 0.25) is 0 Å². The van der Waals surface area contributed by atoms with Gasteiger partial charge >= 0.3 is 0 Å². The molecule has 0 bridgehead atoms. The monoisotopic (exact) mass is 307 g/mol. The maximum absolute atomic E-state index is 13.4. The molecule has 0 N–H and O–H groups in total. The van der Waals surface area contributed by atoms with Gasteiger partial charge in [0.25, 0.3) is 12.5 Å². The minimum Gasteiger partial charge on any atom is -0.356 e. The standard InChI is InChI=1S/C14H14FN3O4/c15-10-1-2-12-11(7-10)14(16-22-12)9-3-5-17(6-4-9)13(19)8-18(20)21/h1-2,7,9H,3-6,8H2. The highest BCUT2D eigenvalue weighted by molar-refractivity contribution is 5.80. The van der Waals surface area contributed by atoms with Crippen molar-refractivity contribution in [3.05, 3.63) is 39.8 Å². The number of halogens is 1. The Bertz CT molecular complexity index is 722. The van der Waals surface area contributed by atoms with E-state index in [1.54, 1.807) is 0 Å². The number of aromatic nitrogens is 1. The number of carbonyl (C=O) groups excluding carboxylic acids is 1. The van der Waals surface area contributed by atoms with Gasteiger partial charge < -0.3 is 9.42 Å². The van der Waals surface area contributed by atoms with Crippen LogP contribution in [0.1, 0.15) is 24.5 Å². The van der Waals surface area contributed by atoms with Gasteiger partial charge in [0.15, 0.2) is 5.58 Å². The average Bonchev–Trinajstić information content (AvgIpc) is 2.89. The maximum Gasteiger partial charge on any atom is 0.294 e. The van der Waals surface area contributed by atoms with Gasteiger partial charge in [-0.15, -0.1) is 0 Å². The smallest absolute Gasteiger partial charge is 0.294 e. The van der Waals surface area contributed by atoms with E-state index in [-0.39, 0.29) is 11.7 Å². The molecular weight excluding hydrogens is 293 g/mol. The van der Waals surface area contributed by atoms with Gasteiger partial charge in [0, 0.05) is 29.3 Å². The Morgan fingerprint density at radius 1 is 1.45 bits per heavy atom. The lowest BCUT2D eigenvalue weighted by molar-refractivity contribution is -0.468. The number of hydrogen-bond acceptors (Lipinski definition) is 5. The Labute approximate surface area is 124 Å². The Kier molecular flexibility index (Phi) is 3.74. The summed E-state index contributed by atoms with van der Waals surface area (Å²) in [6.07, 6.45) is 1.25. The van der Waals surface area contributed by atoms with Crippen LogP contribution in [0.15, 0.2) is 22.7 Å². The number of carbonyl (C=O) groups is 1. The summed E-state index contributed by atoms with van der Waals surface area (Å²) in [5, 5.41) is 15.1. The predicted molar refractivity (Wildman–Crippen MR) is 74.4 cm³/mol. The number of benzene rings is 1. The van der Waals surface area contributed by atoms with Crippen LogP contribution in [0.3, 0.4) is 0 Å². The number of nitrogens with zero attached hydrogens (tertiary/aromatic N) is 3. The van der Waals surface area contributed by atoms with E-state index in [2.05, 4.69) is 5.16 Å². The number of amides is 1. The quantitative estimate of drug-likeness (QED) is 0.638. The third-order valence-corrected chi connectivity index (χ3v) is 3.96. The number of rotatable bonds is 3. The topological polar surface area (TPSA) is 89.5 Å². The fourth-order valence-electron chi connectivity index (χ4n) is 2.84. The lowest BCUT2D eigenvalue weighted by atomic mass is 9.91. The molecule has 3 rings (SSSR count). The molecule has 1 saturated heterocycles. The van der Waals surface area contributed by atoms with Crippen molar-refractivity contribution >= 4 is 16.9 Å². The summed E-state index contributed by atoms with van der Waals surface area (Å²) in [6, 6.07) is 4.25. The third-order valence-electron chi connectivity index (χ3n) is 3.96. The number of fused-ring (bicyclic) bond motifs is 1. The van der Waals surface area contributed by atoms with Gasteiger partial charge in [-0.3, -0.25) is 14.9 Å². The molecule has 8 heteroatoms. The maximum atomic E-state index is 13.4. The first-order chi connectivity index (χ1) is 10.5. The fraction of sp³-hybridized carbons (Fsp3) is 0.429. The van der Waals surface area contributed by atoms with Crippen LogP contribution in [0.4, 0.5) is 4.39 Å². The van der Waals surface area contributed by atoms with Gasteiger partial charge in [0.05, 0.1) is 5.69 Å². The van der Waals surface area contributed by atoms with Gasteiger partial charge in [0.1, 0.15) is 5.82 Å². The Morgan fingerprint density at radius 3 is 2.86 bits per heavy atom. The first-order valence-corrected chi connectivity index (χ1v) is 6.99. The van der Waals surface area contributed by atoms with E-state index in [0.717, 1.165) is 0 Å². The van der Waals surface area contributed by atoms with Crippen LogP contribution in [0.25, 0.3) is 11.0 Å². The molecule has 0 spiro atoms. The summed E-state index contributed by atoms with van der Waals surface area (Å²) in [7, 11) is 0. The molecule has 2 heterocycles. The average molecular weight is 307 g/mol. The second-order valence-corrected chi connectivity index (χ2v) is 5.35. The zero-order valence-electron chi connectivity index (χ0n) is 11.7. The lowest BCUT2D eigenvalue weighted by Gasteiger charge is -2.30. The van der Waals surface area contributed by atoms with Crippen LogP contribution in [-0.4, -0.2) is 40.5 Å². The van der Waals surface area contributed by atoms with E-state index in [9.17, 15) is 19.3 Å². The molecule has 0 saturated carbocycles. The van der Waals surface area contributed by atoms with Gasteiger partial charge in [-0.05, 0) is 31.0 Å². The molecular formula is C14H14FN3O4. The molecule has 1 amide bonds. The highest BCUT2D eigenvalue weighted by Gasteiger charge is 2.28. The molecule has 1 aromatic heterocycles. The van der Waals surface area contributed by atoms with Crippen LogP contribution in [-0.2, 0) is 4.79 Å². The Balaban J connectivity index is 1.71. The van der Waals surface area contributed by atoms with Gasteiger partial charge in [0.2, 0.25) is 0 Å². The van der Waals surface area contributed by atoms with Crippen molar-refractivity contribution < 1.29 is 18.6 Å². The Hall–Kier alpha value is -2.51. The van der Waals surface area contributed by atoms with Gasteiger partial charge in [-0.25, -0.2) is 4.39 Å². The van der Waals surface area contributed by atoms with Crippen molar-refractivity contribution in [2.45, 2.75) is 18.8 Å². The molecule has 22 heavy (non-hydrogen) atoms. The highest BCUT2D eigenvalue weighted by atomic mass is 19.1. The first kappa shape index (κ1) is 14.4. The van der Waals surface area contributed by atoms with E-state index in [4.69, 9.17) is 4.52 Å². The van der Waals surface area contributed by atoms with E-state index in [1.165, 1.54) is 23.1 Å². The Morgan fingerprint density at radius 2 is 2.18 bits per heavy atom. The molecule has 1 aliphatic rings. The van der Waals surface area contributed by atoms with E-state index >= 15 is 0 Å². The zero-order chi connectivity index (χ0) is 15.7. The first-order valence-electron chi connectivity index (χ1n) is 6.99. The van der Waals surface area contributed by atoms with E-state index < -0.39 is 17.4 Å². The highest BCUT2D eigenvalue weighted by Crippen LogP contribution is 2.32. The van der Waals surface area contributed by atoms with Gasteiger partial charge in [-0.2, -0.15) is 0 Å². The molecule has 116 valence electrons. The summed E-state index contributed by atoms with van der Waals surface area (Å²) in [6.45, 7) is 0.185. The second kappa shape index (κ2) is 5.70. The van der Waals surface area contributed by atoms with E-state index in [1.807, 2.05) is 0 Å². The number of hydrogen-bond donors (Lipinski definition) is 0. The predicted octanol–water partition coefficient (Wildman–Crippen LogP) is 1.95. The number of likely N-dealkylation sites (tertiary alicyclic amines) is 1. The molecule has 2 aromatic rings. The molecule has 0 radical (unpaired) electrons. The molecule has 0 atom stereocenters. The van der Waals surface area contributed by atoms with Crippen LogP contribution < -0.4 is 0 Å². The van der Waals surface area contributed by atoms with Crippen LogP contribution >= 0.6 is 0 Å². The number of piperidine rings is 1. The van der Waals surface area contributed by atoms with Crippen molar-refractivity contribution in [1.29, 1.82) is 0 Å². The molecule has 0 unspecified atom stereocenters. The number of nitro groups is 1. The SMILES string of the molecule is O=C(C[N+](=O)[O-])N1CCC(c2noc3ccc(F)cc23)CC1. The zero-order valence-corrected chi connectivity index (χ0v) is 11.7. The summed E-state index contributed by atoms with van der Waals surface area (Å²) in [4.78, 5) is 22.9. The summed E-state index contributed by atoms with van der Waals surface area (Å²) in [5.74, 6) is -0.766. The van der Waals surface area contributed by atoms with Crippen LogP contribution in [0.5, 0.6) is 0 Å². The molecule has 1 aromatic carbocycles. The molecule has 1 aliphatic heterocycles. The fourth-order valence-corrected chi connectivity index (χ4v) is 2.84. The normalized spacial score (nSPS) is 16.1. The minimum absolute atomic E-state index is 0.0581. The summed E-state index contributed by atoms with van der Waals surface area (Å²) in [5.41, 5.74) is 1.22. The summed E-state index contributed by atoms with van der Waals surface area (Å²) >= 11 is 0. The third kappa shape index (κ3) is 2.76. The second-order valence-electron chi connectivity index (χ2n) is 5.35. The minimum atomic E-state index is -0.678. The van der Waals surface area contributed by atoms with Gasteiger partial charge in [-0.1, -0.05) is 5.16 Å². The van der Waals surface area contributed by atoms with E-state index in [0.29, 0.717) is 42.6 Å². The lowest BCUT2D eigenvalue weighted by Crippen LogP contribution is -2.41. The van der Waals surface area contributed by atoms with Crippen molar-refractivity contribution in [3.63, 3.8) is 0 Å². The van der Waals surface area contributed by atoms with Crippen molar-refractivity contribution in [2.75, 3.05) is 19.6 Å².